The molecule has 3 N–H and O–H groups in total. The van der Waals surface area contributed by atoms with E-state index in [-0.39, 0.29) is 5.91 Å². The van der Waals surface area contributed by atoms with E-state index < -0.39 is 6.04 Å². The standard InChI is InChI=1S/C16H18N2O/c1-12-6-5-9-14(10-12)15(16(17)19)18-11-13-7-3-2-4-8-13/h2-10,15,18H,11H2,1H3,(H2,17,19)/t15-/m1/s1. The molecule has 0 saturated carbocycles. The Morgan fingerprint density at radius 2 is 1.89 bits per heavy atom. The van der Waals surface area contributed by atoms with Crippen LogP contribution in [0.3, 0.4) is 0 Å². The van der Waals surface area contributed by atoms with Gasteiger partial charge in [0.1, 0.15) is 6.04 Å². The number of nitrogens with one attached hydrogen (secondary N) is 1. The van der Waals surface area contributed by atoms with Crippen molar-refractivity contribution < 1.29 is 4.79 Å². The predicted molar refractivity (Wildman–Crippen MR) is 76.4 cm³/mol. The first-order chi connectivity index (χ1) is 9.16. The van der Waals surface area contributed by atoms with Crippen LogP contribution in [0.1, 0.15) is 22.7 Å². The van der Waals surface area contributed by atoms with Crippen LogP contribution in [0, 0.1) is 6.92 Å². The van der Waals surface area contributed by atoms with Gasteiger partial charge in [-0.15, -0.1) is 0 Å². The van der Waals surface area contributed by atoms with E-state index in [0.717, 1.165) is 16.7 Å². The van der Waals surface area contributed by atoms with Crippen LogP contribution >= 0.6 is 0 Å². The molecule has 1 atom stereocenters. The van der Waals surface area contributed by atoms with Gasteiger partial charge in [-0.2, -0.15) is 0 Å². The number of primary amides is 1. The van der Waals surface area contributed by atoms with Crippen LogP contribution in [-0.2, 0) is 11.3 Å². The second kappa shape index (κ2) is 6.16. The summed E-state index contributed by atoms with van der Waals surface area (Å²) in [6, 6.07) is 17.3. The van der Waals surface area contributed by atoms with Crippen LogP contribution < -0.4 is 11.1 Å². The molecule has 2 rings (SSSR count). The normalized spacial score (nSPS) is 12.1. The molecule has 2 aromatic rings. The van der Waals surface area contributed by atoms with Gasteiger partial charge in [-0.05, 0) is 18.1 Å². The Morgan fingerprint density at radius 1 is 1.16 bits per heavy atom. The summed E-state index contributed by atoms with van der Waals surface area (Å²) in [5.41, 5.74) is 8.63. The van der Waals surface area contributed by atoms with E-state index in [1.807, 2.05) is 61.5 Å². The van der Waals surface area contributed by atoms with Crippen LogP contribution in [0.5, 0.6) is 0 Å². The topological polar surface area (TPSA) is 55.1 Å². The maximum atomic E-state index is 11.6. The summed E-state index contributed by atoms with van der Waals surface area (Å²) in [6.45, 7) is 2.61. The zero-order chi connectivity index (χ0) is 13.7. The van der Waals surface area contributed by atoms with Gasteiger partial charge in [0.2, 0.25) is 5.91 Å². The highest BCUT2D eigenvalue weighted by Gasteiger charge is 2.16. The first-order valence-electron chi connectivity index (χ1n) is 6.30. The number of rotatable bonds is 5. The van der Waals surface area contributed by atoms with Crippen molar-refractivity contribution in [3.05, 3.63) is 71.3 Å². The van der Waals surface area contributed by atoms with Crippen LogP contribution in [0.2, 0.25) is 0 Å². The smallest absolute Gasteiger partial charge is 0.239 e. The van der Waals surface area contributed by atoms with Crippen molar-refractivity contribution in [1.29, 1.82) is 0 Å². The maximum absolute atomic E-state index is 11.6. The molecule has 1 amide bonds. The predicted octanol–water partition coefficient (Wildman–Crippen LogP) is 2.31. The Bertz CT molecular complexity index is 552. The van der Waals surface area contributed by atoms with Crippen molar-refractivity contribution in [2.24, 2.45) is 5.73 Å². The molecule has 3 heteroatoms. The average molecular weight is 254 g/mol. The molecule has 0 aliphatic carbocycles. The highest BCUT2D eigenvalue weighted by Crippen LogP contribution is 2.15. The van der Waals surface area contributed by atoms with E-state index >= 15 is 0 Å². The van der Waals surface area contributed by atoms with Gasteiger partial charge in [-0.1, -0.05) is 60.2 Å². The molecule has 19 heavy (non-hydrogen) atoms. The number of aryl methyl sites for hydroxylation is 1. The zero-order valence-corrected chi connectivity index (χ0v) is 11.0. The van der Waals surface area contributed by atoms with Gasteiger partial charge in [0.25, 0.3) is 0 Å². The molecule has 0 fully saturated rings. The van der Waals surface area contributed by atoms with E-state index in [1.165, 1.54) is 0 Å². The van der Waals surface area contributed by atoms with E-state index in [9.17, 15) is 4.79 Å². The minimum Gasteiger partial charge on any atom is -0.368 e. The minimum absolute atomic E-state index is 0.360. The van der Waals surface area contributed by atoms with Crippen molar-refractivity contribution in [2.75, 3.05) is 0 Å². The average Bonchev–Trinajstić information content (AvgIpc) is 2.40. The highest BCUT2D eigenvalue weighted by molar-refractivity contribution is 5.81. The molecule has 0 saturated heterocycles. The van der Waals surface area contributed by atoms with Gasteiger partial charge in [-0.25, -0.2) is 0 Å². The summed E-state index contributed by atoms with van der Waals surface area (Å²) in [5, 5.41) is 3.20. The second-order valence-corrected chi connectivity index (χ2v) is 4.62. The largest absolute Gasteiger partial charge is 0.368 e. The fourth-order valence-corrected chi connectivity index (χ4v) is 2.05. The Kier molecular flexibility index (Phi) is 4.31. The zero-order valence-electron chi connectivity index (χ0n) is 11.0. The molecule has 0 aliphatic heterocycles. The molecule has 0 radical (unpaired) electrons. The molecule has 0 heterocycles. The van der Waals surface area contributed by atoms with E-state index in [0.29, 0.717) is 6.54 Å². The van der Waals surface area contributed by atoms with E-state index in [4.69, 9.17) is 5.73 Å². The summed E-state index contributed by atoms with van der Waals surface area (Å²) < 4.78 is 0. The van der Waals surface area contributed by atoms with Crippen molar-refractivity contribution >= 4 is 5.91 Å². The Labute approximate surface area is 113 Å². The van der Waals surface area contributed by atoms with Gasteiger partial charge >= 0.3 is 0 Å². The molecule has 0 aromatic heterocycles. The van der Waals surface area contributed by atoms with Crippen LogP contribution in [-0.4, -0.2) is 5.91 Å². The van der Waals surface area contributed by atoms with E-state index in [1.54, 1.807) is 0 Å². The Balaban J connectivity index is 2.11. The van der Waals surface area contributed by atoms with Gasteiger partial charge in [0.15, 0.2) is 0 Å². The van der Waals surface area contributed by atoms with Gasteiger partial charge < -0.3 is 5.73 Å². The molecule has 98 valence electrons. The fraction of sp³-hybridized carbons (Fsp3) is 0.188. The van der Waals surface area contributed by atoms with Crippen LogP contribution in [0.4, 0.5) is 0 Å². The van der Waals surface area contributed by atoms with Gasteiger partial charge in [-0.3, -0.25) is 10.1 Å². The van der Waals surface area contributed by atoms with Gasteiger partial charge in [0, 0.05) is 6.54 Å². The summed E-state index contributed by atoms with van der Waals surface area (Å²) in [4.78, 5) is 11.6. The molecule has 0 unspecified atom stereocenters. The molecular formula is C16H18N2O. The van der Waals surface area contributed by atoms with E-state index in [2.05, 4.69) is 5.32 Å². The SMILES string of the molecule is Cc1cccc([C@@H](NCc2ccccc2)C(N)=O)c1. The van der Waals surface area contributed by atoms with Crippen LogP contribution in [0.15, 0.2) is 54.6 Å². The minimum atomic E-state index is -0.458. The summed E-state index contributed by atoms with van der Waals surface area (Å²) in [6.07, 6.45) is 0. The third-order valence-electron chi connectivity index (χ3n) is 3.01. The lowest BCUT2D eigenvalue weighted by atomic mass is 10.0. The number of carbonyl (C=O) groups is 1. The summed E-state index contributed by atoms with van der Waals surface area (Å²) in [7, 11) is 0. The fourth-order valence-electron chi connectivity index (χ4n) is 2.05. The number of benzene rings is 2. The maximum Gasteiger partial charge on any atom is 0.239 e. The monoisotopic (exact) mass is 254 g/mol. The third-order valence-corrected chi connectivity index (χ3v) is 3.01. The number of hydrogen-bond acceptors (Lipinski definition) is 2. The summed E-state index contributed by atoms with van der Waals surface area (Å²) in [5.74, 6) is -0.360. The highest BCUT2D eigenvalue weighted by atomic mass is 16.1. The van der Waals surface area contributed by atoms with Crippen LogP contribution in [0.25, 0.3) is 0 Å². The van der Waals surface area contributed by atoms with Crippen molar-refractivity contribution in [2.45, 2.75) is 19.5 Å². The molecule has 2 aromatic carbocycles. The first kappa shape index (κ1) is 13.3. The Morgan fingerprint density at radius 3 is 2.53 bits per heavy atom. The van der Waals surface area contributed by atoms with Crippen molar-refractivity contribution in [1.82, 2.24) is 5.32 Å². The molecule has 0 spiro atoms. The Hall–Kier alpha value is -2.13. The van der Waals surface area contributed by atoms with Crippen molar-refractivity contribution in [3.63, 3.8) is 0 Å². The molecule has 0 aliphatic rings. The number of carbonyl (C=O) groups excluding carboxylic acids is 1. The first-order valence-corrected chi connectivity index (χ1v) is 6.30. The number of hydrogen-bond donors (Lipinski definition) is 2. The summed E-state index contributed by atoms with van der Waals surface area (Å²) >= 11 is 0. The third kappa shape index (κ3) is 3.66. The number of nitrogens with two attached hydrogens (primary N) is 1. The molecule has 3 nitrogen and oxygen atoms in total. The van der Waals surface area contributed by atoms with Gasteiger partial charge in [0.05, 0.1) is 0 Å². The lowest BCUT2D eigenvalue weighted by Crippen LogP contribution is -2.33. The number of amides is 1. The lowest BCUT2D eigenvalue weighted by Gasteiger charge is -2.16. The second-order valence-electron chi connectivity index (χ2n) is 4.62. The molecular weight excluding hydrogens is 236 g/mol. The molecule has 0 bridgehead atoms. The lowest BCUT2D eigenvalue weighted by molar-refractivity contribution is -0.120. The van der Waals surface area contributed by atoms with Crippen molar-refractivity contribution in [3.8, 4) is 0 Å². The quantitative estimate of drug-likeness (QED) is 0.860.